The summed E-state index contributed by atoms with van der Waals surface area (Å²) in [4.78, 5) is 21.2. The van der Waals surface area contributed by atoms with Gasteiger partial charge in [-0.2, -0.15) is 11.8 Å². The van der Waals surface area contributed by atoms with Crippen molar-refractivity contribution in [2.45, 2.75) is 26.2 Å². The molecule has 0 aliphatic heterocycles. The van der Waals surface area contributed by atoms with Crippen LogP contribution in [0.2, 0.25) is 0 Å². The number of carboxylic acid groups (broad SMARTS) is 1. The molecule has 0 saturated heterocycles. The second-order valence-corrected chi connectivity index (χ2v) is 4.01. The highest BCUT2D eigenvalue weighted by molar-refractivity contribution is 7.99. The molecule has 0 aromatic rings. The Morgan fingerprint density at radius 2 is 2.14 bits per heavy atom. The van der Waals surface area contributed by atoms with Crippen LogP contribution in [0.15, 0.2) is 0 Å². The minimum absolute atomic E-state index is 0.00570. The summed E-state index contributed by atoms with van der Waals surface area (Å²) >= 11 is 1.35. The predicted molar refractivity (Wildman–Crippen MR) is 57.5 cm³/mol. The van der Waals surface area contributed by atoms with E-state index in [1.54, 1.807) is 0 Å². The van der Waals surface area contributed by atoms with E-state index in [0.717, 1.165) is 19.4 Å². The zero-order valence-corrected chi connectivity index (χ0v) is 9.23. The first-order chi connectivity index (χ1) is 6.66. The molecule has 14 heavy (non-hydrogen) atoms. The summed E-state index contributed by atoms with van der Waals surface area (Å²) < 4.78 is 0. The standard InChI is InChI=1S/C9H17NO3S/c1-2-3-5-10-8(11)7-14-6-4-9(12)13/h2-7H2,1H3,(H,10,11)(H,12,13). The third-order valence-electron chi connectivity index (χ3n) is 1.55. The number of amides is 1. The molecule has 0 aliphatic carbocycles. The molecule has 0 heterocycles. The van der Waals surface area contributed by atoms with E-state index in [9.17, 15) is 9.59 Å². The summed E-state index contributed by atoms with van der Waals surface area (Å²) in [5.41, 5.74) is 0. The number of rotatable bonds is 8. The number of thioether (sulfide) groups is 1. The van der Waals surface area contributed by atoms with Crippen LogP contribution >= 0.6 is 11.8 Å². The summed E-state index contributed by atoms with van der Waals surface area (Å²) in [6, 6.07) is 0. The number of hydrogen-bond acceptors (Lipinski definition) is 3. The largest absolute Gasteiger partial charge is 0.481 e. The van der Waals surface area contributed by atoms with Gasteiger partial charge < -0.3 is 10.4 Å². The molecule has 0 aromatic heterocycles. The van der Waals surface area contributed by atoms with Gasteiger partial charge in [0.1, 0.15) is 0 Å². The van der Waals surface area contributed by atoms with E-state index in [-0.39, 0.29) is 12.3 Å². The van der Waals surface area contributed by atoms with E-state index in [1.165, 1.54) is 11.8 Å². The highest BCUT2D eigenvalue weighted by atomic mass is 32.2. The fourth-order valence-electron chi connectivity index (χ4n) is 0.780. The smallest absolute Gasteiger partial charge is 0.304 e. The summed E-state index contributed by atoms with van der Waals surface area (Å²) in [6.07, 6.45) is 2.17. The molecule has 0 saturated carbocycles. The number of aliphatic carboxylic acids is 1. The van der Waals surface area contributed by atoms with Gasteiger partial charge in [0.05, 0.1) is 12.2 Å². The fourth-order valence-corrected chi connectivity index (χ4v) is 1.53. The molecule has 0 aliphatic rings. The summed E-state index contributed by atoms with van der Waals surface area (Å²) in [7, 11) is 0. The molecule has 4 nitrogen and oxygen atoms in total. The van der Waals surface area contributed by atoms with Crippen LogP contribution in [-0.2, 0) is 9.59 Å². The van der Waals surface area contributed by atoms with Crippen molar-refractivity contribution in [3.63, 3.8) is 0 Å². The Hall–Kier alpha value is -0.710. The van der Waals surface area contributed by atoms with Crippen LogP contribution in [0.4, 0.5) is 0 Å². The number of unbranched alkanes of at least 4 members (excludes halogenated alkanes) is 1. The zero-order valence-electron chi connectivity index (χ0n) is 8.41. The van der Waals surface area contributed by atoms with E-state index in [1.807, 2.05) is 0 Å². The van der Waals surface area contributed by atoms with Gasteiger partial charge in [-0.05, 0) is 6.42 Å². The van der Waals surface area contributed by atoms with E-state index in [4.69, 9.17) is 5.11 Å². The highest BCUT2D eigenvalue weighted by Gasteiger charge is 2.01. The molecule has 82 valence electrons. The molecule has 1 amide bonds. The topological polar surface area (TPSA) is 66.4 Å². The first kappa shape index (κ1) is 13.3. The lowest BCUT2D eigenvalue weighted by Gasteiger charge is -2.02. The first-order valence-electron chi connectivity index (χ1n) is 4.73. The summed E-state index contributed by atoms with van der Waals surface area (Å²) in [5.74, 6) is 0.0331. The Labute approximate surface area is 88.4 Å². The molecule has 0 atom stereocenters. The quantitative estimate of drug-likeness (QED) is 0.600. The van der Waals surface area contributed by atoms with Crippen molar-refractivity contribution in [3.05, 3.63) is 0 Å². The van der Waals surface area contributed by atoms with Gasteiger partial charge in [-0.25, -0.2) is 0 Å². The van der Waals surface area contributed by atoms with E-state index < -0.39 is 5.97 Å². The zero-order chi connectivity index (χ0) is 10.8. The average Bonchev–Trinajstić information content (AvgIpc) is 2.13. The average molecular weight is 219 g/mol. The Morgan fingerprint density at radius 1 is 1.43 bits per heavy atom. The van der Waals surface area contributed by atoms with Crippen LogP contribution < -0.4 is 5.32 Å². The van der Waals surface area contributed by atoms with Crippen LogP contribution in [0, 0.1) is 0 Å². The Morgan fingerprint density at radius 3 is 2.71 bits per heavy atom. The van der Waals surface area contributed by atoms with Gasteiger partial charge in [0.2, 0.25) is 5.91 Å². The van der Waals surface area contributed by atoms with Crippen molar-refractivity contribution in [2.24, 2.45) is 0 Å². The normalized spacial score (nSPS) is 9.79. The van der Waals surface area contributed by atoms with Crippen molar-refractivity contribution in [1.29, 1.82) is 0 Å². The van der Waals surface area contributed by atoms with Gasteiger partial charge in [-0.15, -0.1) is 0 Å². The number of carboxylic acids is 1. The van der Waals surface area contributed by atoms with Gasteiger partial charge in [0.25, 0.3) is 0 Å². The van der Waals surface area contributed by atoms with Gasteiger partial charge in [0, 0.05) is 12.3 Å². The molecule has 0 aromatic carbocycles. The first-order valence-corrected chi connectivity index (χ1v) is 5.88. The van der Waals surface area contributed by atoms with Crippen molar-refractivity contribution < 1.29 is 14.7 Å². The third kappa shape index (κ3) is 9.38. The van der Waals surface area contributed by atoms with Crippen LogP contribution in [0.5, 0.6) is 0 Å². The molecular weight excluding hydrogens is 202 g/mol. The molecule has 5 heteroatoms. The minimum atomic E-state index is -0.816. The highest BCUT2D eigenvalue weighted by Crippen LogP contribution is 2.01. The van der Waals surface area contributed by atoms with Gasteiger partial charge >= 0.3 is 5.97 Å². The molecule has 0 bridgehead atoms. The molecule has 0 unspecified atom stereocenters. The Bertz CT molecular complexity index is 185. The van der Waals surface area contributed by atoms with Crippen molar-refractivity contribution in [2.75, 3.05) is 18.1 Å². The number of carbonyl (C=O) groups excluding carboxylic acids is 1. The molecule has 0 spiro atoms. The maximum absolute atomic E-state index is 11.1. The van der Waals surface area contributed by atoms with Gasteiger partial charge in [0.15, 0.2) is 0 Å². The lowest BCUT2D eigenvalue weighted by atomic mass is 10.3. The molecular formula is C9H17NO3S. The number of hydrogen-bond donors (Lipinski definition) is 2. The lowest BCUT2D eigenvalue weighted by Crippen LogP contribution is -2.26. The SMILES string of the molecule is CCCCNC(=O)CSCCC(=O)O. The Kier molecular flexibility index (Phi) is 8.42. The van der Waals surface area contributed by atoms with Gasteiger partial charge in [-0.3, -0.25) is 9.59 Å². The number of nitrogens with one attached hydrogen (secondary N) is 1. The van der Waals surface area contributed by atoms with Crippen LogP contribution in [-0.4, -0.2) is 35.0 Å². The predicted octanol–water partition coefficient (Wildman–Crippen LogP) is 1.11. The fraction of sp³-hybridized carbons (Fsp3) is 0.778. The second-order valence-electron chi connectivity index (χ2n) is 2.90. The molecule has 2 N–H and O–H groups in total. The summed E-state index contributed by atoms with van der Waals surface area (Å²) in [5, 5.41) is 11.1. The van der Waals surface area contributed by atoms with Crippen LogP contribution in [0.25, 0.3) is 0 Å². The Balaban J connectivity index is 3.22. The minimum Gasteiger partial charge on any atom is -0.481 e. The number of carbonyl (C=O) groups is 2. The monoisotopic (exact) mass is 219 g/mol. The van der Waals surface area contributed by atoms with Crippen LogP contribution in [0.3, 0.4) is 0 Å². The maximum atomic E-state index is 11.1. The third-order valence-corrected chi connectivity index (χ3v) is 2.51. The van der Waals surface area contributed by atoms with E-state index >= 15 is 0 Å². The van der Waals surface area contributed by atoms with Crippen molar-refractivity contribution in [3.8, 4) is 0 Å². The second kappa shape index (κ2) is 8.87. The molecule has 0 rings (SSSR count). The summed E-state index contributed by atoms with van der Waals surface area (Å²) in [6.45, 7) is 2.78. The van der Waals surface area contributed by atoms with Crippen molar-refractivity contribution in [1.82, 2.24) is 5.32 Å². The van der Waals surface area contributed by atoms with E-state index in [2.05, 4.69) is 12.2 Å². The van der Waals surface area contributed by atoms with Gasteiger partial charge in [-0.1, -0.05) is 13.3 Å². The molecule has 0 radical (unpaired) electrons. The van der Waals surface area contributed by atoms with E-state index in [0.29, 0.717) is 11.5 Å². The lowest BCUT2D eigenvalue weighted by molar-refractivity contribution is -0.136. The van der Waals surface area contributed by atoms with Crippen molar-refractivity contribution >= 4 is 23.6 Å². The maximum Gasteiger partial charge on any atom is 0.304 e. The molecule has 0 fully saturated rings. The van der Waals surface area contributed by atoms with Crippen LogP contribution in [0.1, 0.15) is 26.2 Å².